The first-order valence-electron chi connectivity index (χ1n) is 10.7. The molecule has 1 amide bonds. The molecule has 0 spiro atoms. The fraction of sp³-hybridized carbons (Fsp3) is 0.154. The molecule has 1 heterocycles. The van der Waals surface area contributed by atoms with Crippen molar-refractivity contribution < 1.29 is 13.2 Å². The van der Waals surface area contributed by atoms with Gasteiger partial charge in [-0.05, 0) is 53.5 Å². The molecular weight excluding hydrogens is 470 g/mol. The molecule has 0 radical (unpaired) electrons. The number of anilines is 2. The van der Waals surface area contributed by atoms with Crippen LogP contribution in [-0.4, -0.2) is 26.6 Å². The molecule has 1 aliphatic rings. The summed E-state index contributed by atoms with van der Waals surface area (Å²) in [5.74, 6) is -0.671. The van der Waals surface area contributed by atoms with Crippen LogP contribution in [0.3, 0.4) is 0 Å². The quantitative estimate of drug-likeness (QED) is 0.480. The number of halogens is 1. The summed E-state index contributed by atoms with van der Waals surface area (Å²) in [6.07, 6.45) is 3.67. The van der Waals surface area contributed by atoms with Gasteiger partial charge in [-0.25, -0.2) is 8.42 Å². The molecule has 6 nitrogen and oxygen atoms in total. The summed E-state index contributed by atoms with van der Waals surface area (Å²) in [6, 6.07) is 23.8. The van der Waals surface area contributed by atoms with Crippen LogP contribution in [0.4, 0.5) is 11.4 Å². The summed E-state index contributed by atoms with van der Waals surface area (Å²) < 4.78 is 25.5. The lowest BCUT2D eigenvalue weighted by molar-refractivity contribution is -0.111. The van der Waals surface area contributed by atoms with Gasteiger partial charge in [0.25, 0.3) is 0 Å². The van der Waals surface area contributed by atoms with Crippen LogP contribution in [0.25, 0.3) is 6.08 Å². The molecular formula is C26H22ClN3O3S. The van der Waals surface area contributed by atoms with Crippen LogP contribution in [0.2, 0.25) is 5.02 Å². The van der Waals surface area contributed by atoms with E-state index in [1.807, 2.05) is 30.3 Å². The Morgan fingerprint density at radius 1 is 1.09 bits per heavy atom. The SMILES string of the molecule is N#CC(c1ccccc1)c1ccc(NC(=O)/C=C/c2ccc(N3CCCS3(=O)=O)cc2)cc1Cl. The van der Waals surface area contributed by atoms with Gasteiger partial charge in [0.2, 0.25) is 15.9 Å². The fourth-order valence-corrected chi connectivity index (χ4v) is 5.70. The summed E-state index contributed by atoms with van der Waals surface area (Å²) in [6.45, 7) is 0.488. The van der Waals surface area contributed by atoms with E-state index in [4.69, 9.17) is 11.6 Å². The van der Waals surface area contributed by atoms with Crippen LogP contribution in [0, 0.1) is 11.3 Å². The van der Waals surface area contributed by atoms with E-state index < -0.39 is 15.9 Å². The predicted octanol–water partition coefficient (Wildman–Crippen LogP) is 5.19. The van der Waals surface area contributed by atoms with Crippen molar-refractivity contribution in [2.45, 2.75) is 12.3 Å². The minimum absolute atomic E-state index is 0.170. The molecule has 0 saturated carbocycles. The number of benzene rings is 3. The number of carbonyl (C=O) groups is 1. The Balaban J connectivity index is 1.41. The molecule has 34 heavy (non-hydrogen) atoms. The molecule has 1 atom stereocenters. The van der Waals surface area contributed by atoms with Gasteiger partial charge in [0.1, 0.15) is 0 Å². The Hall–Kier alpha value is -3.60. The maximum atomic E-state index is 12.4. The van der Waals surface area contributed by atoms with E-state index in [1.165, 1.54) is 10.4 Å². The van der Waals surface area contributed by atoms with Gasteiger partial charge < -0.3 is 5.32 Å². The summed E-state index contributed by atoms with van der Waals surface area (Å²) in [5.41, 5.74) is 3.43. The summed E-state index contributed by atoms with van der Waals surface area (Å²) in [4.78, 5) is 12.4. The van der Waals surface area contributed by atoms with Gasteiger partial charge in [0, 0.05) is 23.3 Å². The largest absolute Gasteiger partial charge is 0.322 e. The molecule has 3 aromatic rings. The summed E-state index contributed by atoms with van der Waals surface area (Å²) in [5, 5.41) is 12.8. The van der Waals surface area contributed by atoms with Crippen molar-refractivity contribution in [3.63, 3.8) is 0 Å². The highest BCUT2D eigenvalue weighted by Crippen LogP contribution is 2.32. The van der Waals surface area contributed by atoms with Crippen molar-refractivity contribution in [2.24, 2.45) is 0 Å². The van der Waals surface area contributed by atoms with E-state index >= 15 is 0 Å². The third-order valence-corrected chi connectivity index (χ3v) is 7.75. The molecule has 0 aliphatic carbocycles. The first kappa shape index (κ1) is 23.6. The van der Waals surface area contributed by atoms with Crippen LogP contribution in [-0.2, 0) is 14.8 Å². The molecule has 1 saturated heterocycles. The van der Waals surface area contributed by atoms with Crippen LogP contribution in [0.1, 0.15) is 29.0 Å². The Morgan fingerprint density at radius 3 is 2.44 bits per heavy atom. The fourth-order valence-electron chi connectivity index (χ4n) is 3.85. The second kappa shape index (κ2) is 10.1. The van der Waals surface area contributed by atoms with Gasteiger partial charge in [-0.2, -0.15) is 5.26 Å². The molecule has 8 heteroatoms. The highest BCUT2D eigenvalue weighted by atomic mass is 35.5. The minimum atomic E-state index is -3.22. The predicted molar refractivity (Wildman–Crippen MR) is 135 cm³/mol. The standard InChI is InChI=1S/C26H22ClN3O3S/c27-25-17-21(10-13-23(25)24(18-28)20-5-2-1-3-6-20)29-26(31)14-9-19-7-11-22(12-8-19)30-15-4-16-34(30,32)33/h1-3,5-14,17,24H,4,15-16H2,(H,29,31)/b14-9+. The second-order valence-corrected chi connectivity index (χ2v) is 10.3. The lowest BCUT2D eigenvalue weighted by Gasteiger charge is -2.16. The Labute approximate surface area is 204 Å². The molecule has 172 valence electrons. The number of nitrogens with zero attached hydrogens (tertiary/aromatic N) is 2. The zero-order valence-electron chi connectivity index (χ0n) is 18.2. The van der Waals surface area contributed by atoms with E-state index in [9.17, 15) is 18.5 Å². The molecule has 3 aromatic carbocycles. The second-order valence-electron chi connectivity index (χ2n) is 7.86. The van der Waals surface area contributed by atoms with Gasteiger partial charge in [-0.1, -0.05) is 60.1 Å². The Bertz CT molecular complexity index is 1360. The first-order valence-corrected chi connectivity index (χ1v) is 12.7. The van der Waals surface area contributed by atoms with Gasteiger partial charge in [-0.15, -0.1) is 0 Å². The molecule has 1 unspecified atom stereocenters. The van der Waals surface area contributed by atoms with E-state index in [1.54, 1.807) is 48.5 Å². The topological polar surface area (TPSA) is 90.3 Å². The lowest BCUT2D eigenvalue weighted by Crippen LogP contribution is -2.24. The zero-order chi connectivity index (χ0) is 24.1. The van der Waals surface area contributed by atoms with Gasteiger partial charge in [0.15, 0.2) is 0 Å². The van der Waals surface area contributed by atoms with Crippen molar-refractivity contribution in [3.05, 3.63) is 101 Å². The lowest BCUT2D eigenvalue weighted by atomic mass is 9.92. The number of nitriles is 1. The van der Waals surface area contributed by atoms with Crippen molar-refractivity contribution in [1.82, 2.24) is 0 Å². The number of hydrogen-bond acceptors (Lipinski definition) is 4. The van der Waals surface area contributed by atoms with Crippen molar-refractivity contribution >= 4 is 45.0 Å². The maximum absolute atomic E-state index is 12.4. The number of amides is 1. The number of rotatable bonds is 6. The molecule has 0 bridgehead atoms. The van der Waals surface area contributed by atoms with E-state index in [-0.39, 0.29) is 11.7 Å². The van der Waals surface area contributed by atoms with Gasteiger partial charge in [0.05, 0.1) is 23.4 Å². The maximum Gasteiger partial charge on any atom is 0.248 e. The molecule has 4 rings (SSSR count). The van der Waals surface area contributed by atoms with Crippen molar-refractivity contribution in [1.29, 1.82) is 5.26 Å². The van der Waals surface area contributed by atoms with E-state index in [0.717, 1.165) is 11.1 Å². The van der Waals surface area contributed by atoms with E-state index in [2.05, 4.69) is 11.4 Å². The highest BCUT2D eigenvalue weighted by Gasteiger charge is 2.28. The Kier molecular flexibility index (Phi) is 7.01. The van der Waals surface area contributed by atoms with Crippen LogP contribution in [0.15, 0.2) is 78.9 Å². The van der Waals surface area contributed by atoms with Crippen LogP contribution in [0.5, 0.6) is 0 Å². The highest BCUT2D eigenvalue weighted by molar-refractivity contribution is 7.93. The minimum Gasteiger partial charge on any atom is -0.322 e. The third-order valence-electron chi connectivity index (χ3n) is 5.55. The average Bonchev–Trinajstić information content (AvgIpc) is 3.19. The number of nitrogens with one attached hydrogen (secondary N) is 1. The van der Waals surface area contributed by atoms with Crippen LogP contribution < -0.4 is 9.62 Å². The van der Waals surface area contributed by atoms with Crippen LogP contribution >= 0.6 is 11.6 Å². The molecule has 1 aliphatic heterocycles. The van der Waals surface area contributed by atoms with E-state index in [0.29, 0.717) is 34.9 Å². The monoisotopic (exact) mass is 491 g/mol. The molecule has 1 N–H and O–H groups in total. The normalized spacial score (nSPS) is 15.7. The molecule has 0 aromatic heterocycles. The Morgan fingerprint density at radius 2 is 1.82 bits per heavy atom. The zero-order valence-corrected chi connectivity index (χ0v) is 19.8. The van der Waals surface area contributed by atoms with Gasteiger partial charge in [-0.3, -0.25) is 9.10 Å². The first-order chi connectivity index (χ1) is 16.4. The molecule has 1 fully saturated rings. The number of carbonyl (C=O) groups excluding carboxylic acids is 1. The third kappa shape index (κ3) is 5.30. The smallest absolute Gasteiger partial charge is 0.248 e. The average molecular weight is 492 g/mol. The number of sulfonamides is 1. The summed E-state index contributed by atoms with van der Waals surface area (Å²) >= 11 is 6.43. The van der Waals surface area contributed by atoms with Crippen molar-refractivity contribution in [2.75, 3.05) is 21.9 Å². The number of hydrogen-bond donors (Lipinski definition) is 1. The van der Waals surface area contributed by atoms with Crippen molar-refractivity contribution in [3.8, 4) is 6.07 Å². The van der Waals surface area contributed by atoms with Gasteiger partial charge >= 0.3 is 0 Å². The summed E-state index contributed by atoms with van der Waals surface area (Å²) in [7, 11) is -3.22.